The minimum absolute atomic E-state index is 0.601. The zero-order valence-electron chi connectivity index (χ0n) is 12.9. The van der Waals surface area contributed by atoms with Crippen molar-refractivity contribution in [1.29, 1.82) is 0 Å². The molecule has 1 N–H and O–H groups in total. The Morgan fingerprint density at radius 1 is 1.04 bits per heavy atom. The Balaban J connectivity index is 1.88. The molecule has 0 saturated heterocycles. The van der Waals surface area contributed by atoms with Gasteiger partial charge in [0.15, 0.2) is 0 Å². The molecule has 0 atom stereocenters. The summed E-state index contributed by atoms with van der Waals surface area (Å²) in [6.45, 7) is 4.03. The average Bonchev–Trinajstić information content (AvgIpc) is 2.95. The lowest BCUT2D eigenvalue weighted by atomic mass is 10.1. The maximum atomic E-state index is 6.43. The van der Waals surface area contributed by atoms with Crippen LogP contribution in [0.1, 0.15) is 22.5 Å². The number of thiocarbonyl (C=S) groups is 1. The number of nitrogens with one attached hydrogen (secondary N) is 1. The molecule has 0 aliphatic heterocycles. The van der Waals surface area contributed by atoms with Gasteiger partial charge in [0.05, 0.1) is 16.2 Å². The summed E-state index contributed by atoms with van der Waals surface area (Å²) < 4.78 is 5.46. The van der Waals surface area contributed by atoms with Crippen molar-refractivity contribution in [3.05, 3.63) is 82.3 Å². The van der Waals surface area contributed by atoms with Crippen LogP contribution in [0.15, 0.2) is 59.2 Å². The molecule has 2 nitrogen and oxygen atoms in total. The second kappa shape index (κ2) is 6.57. The van der Waals surface area contributed by atoms with Gasteiger partial charge in [-0.05, 0) is 55.3 Å². The summed E-state index contributed by atoms with van der Waals surface area (Å²) in [6.07, 6.45) is 1.64. The third-order valence-electron chi connectivity index (χ3n) is 3.71. The molecule has 0 saturated carbocycles. The Hall–Kier alpha value is -2.10. The van der Waals surface area contributed by atoms with Gasteiger partial charge in [-0.2, -0.15) is 0 Å². The summed E-state index contributed by atoms with van der Waals surface area (Å²) in [7, 11) is 0. The van der Waals surface area contributed by atoms with Gasteiger partial charge in [-0.25, -0.2) is 0 Å². The Kier molecular flexibility index (Phi) is 4.51. The molecule has 2 aromatic carbocycles. The molecule has 4 heteroatoms. The van der Waals surface area contributed by atoms with Gasteiger partial charge in [-0.1, -0.05) is 42.0 Å². The molecular formula is C19H16ClNOS. The highest BCUT2D eigenvalue weighted by Gasteiger charge is 2.14. The van der Waals surface area contributed by atoms with E-state index in [4.69, 9.17) is 28.2 Å². The zero-order chi connectivity index (χ0) is 16.4. The largest absolute Gasteiger partial charge is 0.463 e. The van der Waals surface area contributed by atoms with Gasteiger partial charge in [0.1, 0.15) is 5.76 Å². The van der Waals surface area contributed by atoms with Gasteiger partial charge in [0.25, 0.3) is 0 Å². The standard InChI is InChI=1S/C19H16ClNOS/c1-12-5-3-4-6-17(12)21-14-7-8-15(16(20)11-14)19(23)18-13(2)9-10-22-18/h3-11,21H,1-2H3. The van der Waals surface area contributed by atoms with Crippen LogP contribution in [0.25, 0.3) is 0 Å². The molecule has 0 radical (unpaired) electrons. The number of para-hydroxylation sites is 1. The first kappa shape index (κ1) is 15.8. The highest BCUT2D eigenvalue weighted by molar-refractivity contribution is 7.81. The predicted octanol–water partition coefficient (Wildman–Crippen LogP) is 6.06. The number of hydrogen-bond donors (Lipinski definition) is 1. The number of anilines is 2. The van der Waals surface area contributed by atoms with Gasteiger partial charge in [0.2, 0.25) is 0 Å². The molecule has 23 heavy (non-hydrogen) atoms. The van der Waals surface area contributed by atoms with Crippen molar-refractivity contribution in [2.45, 2.75) is 13.8 Å². The summed E-state index contributed by atoms with van der Waals surface area (Å²) in [4.78, 5) is 0.625. The van der Waals surface area contributed by atoms with E-state index < -0.39 is 0 Å². The second-order valence-corrected chi connectivity index (χ2v) is 6.21. The van der Waals surface area contributed by atoms with Crippen molar-refractivity contribution in [3.63, 3.8) is 0 Å². The minimum Gasteiger partial charge on any atom is -0.463 e. The molecule has 3 aromatic rings. The van der Waals surface area contributed by atoms with E-state index in [-0.39, 0.29) is 0 Å². The van der Waals surface area contributed by atoms with E-state index >= 15 is 0 Å². The van der Waals surface area contributed by atoms with Crippen LogP contribution in [0, 0.1) is 13.8 Å². The Morgan fingerprint density at radius 3 is 2.48 bits per heavy atom. The Morgan fingerprint density at radius 2 is 1.83 bits per heavy atom. The van der Waals surface area contributed by atoms with E-state index in [0.29, 0.717) is 15.6 Å². The van der Waals surface area contributed by atoms with Crippen LogP contribution in [0.2, 0.25) is 5.02 Å². The topological polar surface area (TPSA) is 25.2 Å². The van der Waals surface area contributed by atoms with Crippen molar-refractivity contribution < 1.29 is 4.42 Å². The fraction of sp³-hybridized carbons (Fsp3) is 0.105. The molecule has 116 valence electrons. The number of hydrogen-bond acceptors (Lipinski definition) is 3. The van der Waals surface area contributed by atoms with Crippen LogP contribution in [-0.4, -0.2) is 4.86 Å². The van der Waals surface area contributed by atoms with Crippen LogP contribution < -0.4 is 5.32 Å². The molecule has 3 rings (SSSR count). The fourth-order valence-electron chi connectivity index (χ4n) is 2.37. The zero-order valence-corrected chi connectivity index (χ0v) is 14.5. The van der Waals surface area contributed by atoms with Crippen molar-refractivity contribution >= 4 is 40.1 Å². The molecule has 0 aliphatic carbocycles. The molecule has 0 unspecified atom stereocenters. The predicted molar refractivity (Wildman–Crippen MR) is 100 cm³/mol. The summed E-state index contributed by atoms with van der Waals surface area (Å²) in [5, 5.41) is 3.98. The number of rotatable bonds is 4. The maximum absolute atomic E-state index is 6.43. The average molecular weight is 342 g/mol. The number of furan rings is 1. The lowest BCUT2D eigenvalue weighted by Gasteiger charge is -2.12. The van der Waals surface area contributed by atoms with Crippen molar-refractivity contribution in [2.75, 3.05) is 5.32 Å². The lowest BCUT2D eigenvalue weighted by molar-refractivity contribution is 0.557. The van der Waals surface area contributed by atoms with E-state index in [9.17, 15) is 0 Å². The lowest BCUT2D eigenvalue weighted by Crippen LogP contribution is -2.02. The van der Waals surface area contributed by atoms with E-state index in [2.05, 4.69) is 18.3 Å². The van der Waals surface area contributed by atoms with E-state index in [1.165, 1.54) is 5.56 Å². The van der Waals surface area contributed by atoms with Crippen LogP contribution in [0.4, 0.5) is 11.4 Å². The SMILES string of the molecule is Cc1ccccc1Nc1ccc(C(=S)c2occc2C)c(Cl)c1. The maximum Gasteiger partial charge on any atom is 0.148 e. The quantitative estimate of drug-likeness (QED) is 0.461. The molecular weight excluding hydrogens is 326 g/mol. The molecule has 0 amide bonds. The molecule has 0 aliphatic rings. The summed E-state index contributed by atoms with van der Waals surface area (Å²) in [6, 6.07) is 15.8. The fourth-order valence-corrected chi connectivity index (χ4v) is 3.09. The second-order valence-electron chi connectivity index (χ2n) is 5.40. The van der Waals surface area contributed by atoms with E-state index in [1.807, 2.05) is 49.4 Å². The molecule has 0 spiro atoms. The van der Waals surface area contributed by atoms with E-state index in [1.54, 1.807) is 6.26 Å². The van der Waals surface area contributed by atoms with Gasteiger partial charge in [-0.15, -0.1) is 0 Å². The van der Waals surface area contributed by atoms with Gasteiger partial charge >= 0.3 is 0 Å². The van der Waals surface area contributed by atoms with Gasteiger partial charge in [-0.3, -0.25) is 0 Å². The van der Waals surface area contributed by atoms with Crippen molar-refractivity contribution in [3.8, 4) is 0 Å². The number of halogens is 1. The van der Waals surface area contributed by atoms with E-state index in [0.717, 1.165) is 22.5 Å². The molecule has 0 fully saturated rings. The third-order valence-corrected chi connectivity index (χ3v) is 4.42. The summed E-state index contributed by atoms with van der Waals surface area (Å²) in [5.74, 6) is 0.696. The Labute approximate surface area is 146 Å². The minimum atomic E-state index is 0.601. The molecule has 1 aromatic heterocycles. The molecule has 0 bridgehead atoms. The van der Waals surface area contributed by atoms with Gasteiger partial charge < -0.3 is 9.73 Å². The van der Waals surface area contributed by atoms with Crippen molar-refractivity contribution in [2.24, 2.45) is 0 Å². The Bertz CT molecular complexity index is 869. The number of aryl methyl sites for hydroxylation is 2. The molecule has 1 heterocycles. The monoisotopic (exact) mass is 341 g/mol. The highest BCUT2D eigenvalue weighted by atomic mass is 35.5. The highest BCUT2D eigenvalue weighted by Crippen LogP contribution is 2.28. The van der Waals surface area contributed by atoms with Crippen LogP contribution in [0.5, 0.6) is 0 Å². The third kappa shape index (κ3) is 3.31. The van der Waals surface area contributed by atoms with Gasteiger partial charge in [0, 0.05) is 16.9 Å². The summed E-state index contributed by atoms with van der Waals surface area (Å²) in [5.41, 5.74) is 4.96. The van der Waals surface area contributed by atoms with Crippen LogP contribution in [0.3, 0.4) is 0 Å². The first-order chi connectivity index (χ1) is 11.1. The first-order valence-electron chi connectivity index (χ1n) is 7.27. The smallest absolute Gasteiger partial charge is 0.148 e. The number of benzene rings is 2. The summed E-state index contributed by atoms with van der Waals surface area (Å²) >= 11 is 11.9. The van der Waals surface area contributed by atoms with Crippen LogP contribution in [-0.2, 0) is 0 Å². The first-order valence-corrected chi connectivity index (χ1v) is 8.06. The normalized spacial score (nSPS) is 10.6. The van der Waals surface area contributed by atoms with Crippen LogP contribution >= 0.6 is 23.8 Å². The van der Waals surface area contributed by atoms with Crippen molar-refractivity contribution in [1.82, 2.24) is 0 Å².